The molecule has 0 unspecified atom stereocenters. The van der Waals surface area contributed by atoms with Crippen LogP contribution in [0.3, 0.4) is 0 Å². The molecule has 0 atom stereocenters. The minimum absolute atomic E-state index is 0. The van der Waals surface area contributed by atoms with Crippen molar-refractivity contribution in [3.63, 3.8) is 0 Å². The smallest absolute Gasteiger partial charge is 0.00888 e. The van der Waals surface area contributed by atoms with Crippen molar-refractivity contribution >= 4 is 28.3 Å². The van der Waals surface area contributed by atoms with Gasteiger partial charge in [-0.2, -0.15) is 0 Å². The van der Waals surface area contributed by atoms with E-state index in [1.165, 1.54) is 0 Å². The van der Waals surface area contributed by atoms with Gasteiger partial charge in [0, 0.05) is 4.83 Å². The van der Waals surface area contributed by atoms with Crippen LogP contribution in [0.4, 0.5) is 0 Å². The summed E-state index contributed by atoms with van der Waals surface area (Å²) in [4.78, 5) is 0.646. The molecule has 0 nitrogen and oxygen atoms in total. The van der Waals surface area contributed by atoms with Crippen LogP contribution in [0.25, 0.3) is 0 Å². The first-order valence-corrected chi connectivity index (χ1v) is 2.29. The first-order valence-electron chi connectivity index (χ1n) is 1.37. The third-order valence-electron chi connectivity index (χ3n) is 0. The van der Waals surface area contributed by atoms with Gasteiger partial charge in [0.15, 0.2) is 0 Å². The molecule has 0 fully saturated rings. The van der Waals surface area contributed by atoms with Gasteiger partial charge in [-0.1, -0.05) is 29.8 Å². The van der Waals surface area contributed by atoms with Crippen LogP contribution in [-0.4, -0.2) is 4.83 Å². The van der Waals surface area contributed by atoms with Crippen LogP contribution in [0, 0.1) is 0 Å². The summed E-state index contributed by atoms with van der Waals surface area (Å²) in [5, 5.41) is 0. The van der Waals surface area contributed by atoms with E-state index in [1.54, 1.807) is 0 Å². The molecule has 0 saturated carbocycles. The normalized spacial score (nSPS) is 7.20. The van der Waals surface area contributed by atoms with E-state index in [9.17, 15) is 0 Å². The summed E-state index contributed by atoms with van der Waals surface area (Å²) in [5.41, 5.74) is 0. The fraction of sp³-hybridized carbons (Fsp3) is 1.00. The SMILES string of the molecule is CC(C)Br.Cl. The van der Waals surface area contributed by atoms with Crippen molar-refractivity contribution in [1.82, 2.24) is 0 Å². The van der Waals surface area contributed by atoms with E-state index in [-0.39, 0.29) is 12.4 Å². The standard InChI is InChI=1S/C3H7Br.ClH/c1-3(2)4;/h3H,1-2H3;1H. The molecule has 0 heterocycles. The summed E-state index contributed by atoms with van der Waals surface area (Å²) in [6.45, 7) is 4.17. The van der Waals surface area contributed by atoms with Gasteiger partial charge in [0.25, 0.3) is 0 Å². The Hall–Kier alpha value is 0.770. The van der Waals surface area contributed by atoms with E-state index in [1.807, 2.05) is 0 Å². The van der Waals surface area contributed by atoms with Crippen LogP contribution in [0.15, 0.2) is 0 Å². The minimum Gasteiger partial charge on any atom is -0.147 e. The van der Waals surface area contributed by atoms with Gasteiger partial charge in [-0.05, 0) is 0 Å². The van der Waals surface area contributed by atoms with Crippen LogP contribution >= 0.6 is 28.3 Å². The molecule has 5 heavy (non-hydrogen) atoms. The fourth-order valence-corrected chi connectivity index (χ4v) is 0. The molecule has 0 spiro atoms. The summed E-state index contributed by atoms with van der Waals surface area (Å²) in [5.74, 6) is 0. The van der Waals surface area contributed by atoms with Gasteiger partial charge < -0.3 is 0 Å². The Morgan fingerprint density at radius 2 is 1.40 bits per heavy atom. The molecule has 0 rings (SSSR count). The van der Waals surface area contributed by atoms with Crippen molar-refractivity contribution in [1.29, 1.82) is 0 Å². The molecule has 0 aliphatic heterocycles. The number of hydrogen-bond donors (Lipinski definition) is 0. The molecule has 0 aliphatic rings. The molecule has 2 heteroatoms. The highest BCUT2D eigenvalue weighted by Crippen LogP contribution is 1.89. The minimum atomic E-state index is 0. The zero-order valence-corrected chi connectivity index (χ0v) is 5.77. The predicted octanol–water partition coefficient (Wildman–Crippen LogP) is 2.21. The van der Waals surface area contributed by atoms with Gasteiger partial charge in [0.05, 0.1) is 0 Å². The summed E-state index contributed by atoms with van der Waals surface area (Å²) in [6.07, 6.45) is 0. The van der Waals surface area contributed by atoms with Gasteiger partial charge >= 0.3 is 0 Å². The summed E-state index contributed by atoms with van der Waals surface area (Å²) < 4.78 is 0. The number of alkyl halides is 1. The second-order valence-corrected chi connectivity index (χ2v) is 2.85. The van der Waals surface area contributed by atoms with Gasteiger partial charge in [-0.15, -0.1) is 12.4 Å². The van der Waals surface area contributed by atoms with E-state index < -0.39 is 0 Å². The Kier molecular flexibility index (Phi) is 8.81. The Morgan fingerprint density at radius 3 is 1.40 bits per heavy atom. The zero-order valence-electron chi connectivity index (χ0n) is 3.36. The maximum atomic E-state index is 3.27. The van der Waals surface area contributed by atoms with Gasteiger partial charge in [0.1, 0.15) is 0 Å². The Labute approximate surface area is 47.5 Å². The largest absolute Gasteiger partial charge is 0.147 e. The Bertz CT molecular complexity index is 11.6. The molecule has 0 aromatic rings. The molecular formula is C3H8BrCl. The topological polar surface area (TPSA) is 0 Å². The van der Waals surface area contributed by atoms with Crippen LogP contribution in [0.1, 0.15) is 13.8 Å². The quantitative estimate of drug-likeness (QED) is 0.476. The molecular weight excluding hydrogens is 151 g/mol. The molecule has 0 aliphatic carbocycles. The molecule has 0 amide bonds. The summed E-state index contributed by atoms with van der Waals surface area (Å²) >= 11 is 3.27. The van der Waals surface area contributed by atoms with Crippen LogP contribution in [-0.2, 0) is 0 Å². The number of hydrogen-bond acceptors (Lipinski definition) is 0. The summed E-state index contributed by atoms with van der Waals surface area (Å²) in [6, 6.07) is 0. The molecule has 0 saturated heterocycles. The van der Waals surface area contributed by atoms with Crippen molar-refractivity contribution in [3.05, 3.63) is 0 Å². The lowest BCUT2D eigenvalue weighted by Crippen LogP contribution is -1.69. The lowest BCUT2D eigenvalue weighted by atomic mass is 10.6. The zero-order chi connectivity index (χ0) is 3.58. The third-order valence-corrected chi connectivity index (χ3v) is 0. The van der Waals surface area contributed by atoms with Crippen LogP contribution < -0.4 is 0 Å². The first-order chi connectivity index (χ1) is 1.73. The van der Waals surface area contributed by atoms with Crippen molar-refractivity contribution in [3.8, 4) is 0 Å². The van der Waals surface area contributed by atoms with Gasteiger partial charge in [-0.25, -0.2) is 0 Å². The van der Waals surface area contributed by atoms with E-state index in [0.717, 1.165) is 0 Å². The van der Waals surface area contributed by atoms with E-state index in [2.05, 4.69) is 29.8 Å². The van der Waals surface area contributed by atoms with Crippen molar-refractivity contribution in [2.45, 2.75) is 18.7 Å². The van der Waals surface area contributed by atoms with Gasteiger partial charge in [0.2, 0.25) is 0 Å². The van der Waals surface area contributed by atoms with E-state index in [0.29, 0.717) is 4.83 Å². The molecule has 0 aromatic carbocycles. The highest BCUT2D eigenvalue weighted by molar-refractivity contribution is 9.09. The van der Waals surface area contributed by atoms with Gasteiger partial charge in [-0.3, -0.25) is 0 Å². The molecule has 0 bridgehead atoms. The van der Waals surface area contributed by atoms with Crippen molar-refractivity contribution < 1.29 is 0 Å². The monoisotopic (exact) mass is 158 g/mol. The Balaban J connectivity index is 0. The highest BCUT2D eigenvalue weighted by atomic mass is 79.9. The summed E-state index contributed by atoms with van der Waals surface area (Å²) in [7, 11) is 0. The first kappa shape index (κ1) is 9.24. The van der Waals surface area contributed by atoms with Crippen molar-refractivity contribution in [2.24, 2.45) is 0 Å². The van der Waals surface area contributed by atoms with Crippen LogP contribution in [0.5, 0.6) is 0 Å². The second-order valence-electron chi connectivity index (χ2n) is 1.01. The lowest BCUT2D eigenvalue weighted by molar-refractivity contribution is 1.14. The molecule has 0 radical (unpaired) electrons. The molecule has 34 valence electrons. The average molecular weight is 159 g/mol. The average Bonchev–Trinajstić information content (AvgIpc) is 0.811. The maximum Gasteiger partial charge on any atom is 0.00888 e. The number of halogens is 2. The maximum absolute atomic E-state index is 3.27. The predicted molar refractivity (Wildman–Crippen MR) is 31.3 cm³/mol. The highest BCUT2D eigenvalue weighted by Gasteiger charge is 1.71. The lowest BCUT2D eigenvalue weighted by Gasteiger charge is -1.76. The van der Waals surface area contributed by atoms with E-state index in [4.69, 9.17) is 0 Å². The molecule has 0 aromatic heterocycles. The van der Waals surface area contributed by atoms with Crippen molar-refractivity contribution in [2.75, 3.05) is 0 Å². The third kappa shape index (κ3) is 61.7. The molecule has 0 N–H and O–H groups in total. The van der Waals surface area contributed by atoms with E-state index >= 15 is 0 Å². The van der Waals surface area contributed by atoms with Crippen LogP contribution in [0.2, 0.25) is 0 Å². The second kappa shape index (κ2) is 4.77. The fourth-order valence-electron chi connectivity index (χ4n) is 0. The number of rotatable bonds is 0. The Morgan fingerprint density at radius 1 is 1.40 bits per heavy atom.